The van der Waals surface area contributed by atoms with Crippen LogP contribution in [0.1, 0.15) is 22.8 Å². The first-order chi connectivity index (χ1) is 12.2. The Hall–Kier alpha value is -3.41. The molecule has 124 valence electrons. The number of amides is 1. The fourth-order valence-corrected chi connectivity index (χ4v) is 3.03. The number of fused-ring (bicyclic) bond motifs is 3. The van der Waals surface area contributed by atoms with Gasteiger partial charge in [0.05, 0.1) is 40.4 Å². The predicted molar refractivity (Wildman–Crippen MR) is 99.6 cm³/mol. The molecular formula is C19H17N5O. The fraction of sp³-hybridized carbons (Fsp3) is 0.105. The summed E-state index contributed by atoms with van der Waals surface area (Å²) in [4.78, 5) is 24.0. The first kappa shape index (κ1) is 15.1. The molecule has 0 saturated heterocycles. The van der Waals surface area contributed by atoms with Crippen LogP contribution in [0, 0.1) is 0 Å². The van der Waals surface area contributed by atoms with E-state index in [1.165, 1.54) is 0 Å². The van der Waals surface area contributed by atoms with Crippen molar-refractivity contribution >= 4 is 39.1 Å². The lowest BCUT2D eigenvalue weighted by Crippen LogP contribution is -2.12. The number of pyridine rings is 2. The Morgan fingerprint density at radius 2 is 2.12 bits per heavy atom. The smallest absolute Gasteiger partial charge is 0.257 e. The van der Waals surface area contributed by atoms with E-state index in [2.05, 4.69) is 33.3 Å². The van der Waals surface area contributed by atoms with E-state index in [9.17, 15) is 4.79 Å². The molecule has 4 rings (SSSR count). The van der Waals surface area contributed by atoms with Gasteiger partial charge in [0.25, 0.3) is 5.91 Å². The van der Waals surface area contributed by atoms with Crippen molar-refractivity contribution in [2.24, 2.45) is 0 Å². The number of nitrogens with one attached hydrogen (secondary N) is 2. The number of aromatic amines is 1. The van der Waals surface area contributed by atoms with Gasteiger partial charge < -0.3 is 16.0 Å². The van der Waals surface area contributed by atoms with Gasteiger partial charge in [-0.15, -0.1) is 0 Å². The zero-order chi connectivity index (χ0) is 17.4. The minimum absolute atomic E-state index is 0.201. The number of nitrogen functional groups attached to an aromatic ring is 1. The van der Waals surface area contributed by atoms with Crippen LogP contribution < -0.4 is 11.1 Å². The summed E-state index contributed by atoms with van der Waals surface area (Å²) in [6.07, 6.45) is 7.42. The Balaban J connectivity index is 1.89. The Bertz CT molecular complexity index is 1090. The molecule has 0 bridgehead atoms. The maximum absolute atomic E-state index is 12.5. The van der Waals surface area contributed by atoms with Gasteiger partial charge in [-0.25, -0.2) is 0 Å². The third-order valence-corrected chi connectivity index (χ3v) is 4.28. The fourth-order valence-electron chi connectivity index (χ4n) is 3.03. The molecule has 0 aliphatic rings. The molecule has 0 saturated carbocycles. The Kier molecular flexibility index (Phi) is 3.57. The van der Waals surface area contributed by atoms with Crippen molar-refractivity contribution in [1.29, 1.82) is 0 Å². The van der Waals surface area contributed by atoms with Gasteiger partial charge in [-0.05, 0) is 36.2 Å². The number of nitrogens with two attached hydrogens (primary N) is 1. The van der Waals surface area contributed by atoms with Crippen LogP contribution in [0.15, 0.2) is 49.1 Å². The van der Waals surface area contributed by atoms with E-state index in [-0.39, 0.29) is 5.91 Å². The number of carbonyl (C=O) groups is 1. The van der Waals surface area contributed by atoms with Gasteiger partial charge in [0, 0.05) is 23.2 Å². The SMILES string of the molecule is CCc1cc(NC(=O)c2cccnc2)c2[nH]c3cncc(N)c3c2c1. The second-order valence-electron chi connectivity index (χ2n) is 5.89. The number of benzene rings is 1. The molecule has 0 unspecified atom stereocenters. The van der Waals surface area contributed by atoms with Crippen LogP contribution in [-0.2, 0) is 6.42 Å². The van der Waals surface area contributed by atoms with Crippen LogP contribution in [-0.4, -0.2) is 20.9 Å². The highest BCUT2D eigenvalue weighted by Gasteiger charge is 2.15. The van der Waals surface area contributed by atoms with E-state index < -0.39 is 0 Å². The van der Waals surface area contributed by atoms with Gasteiger partial charge in [-0.2, -0.15) is 0 Å². The molecule has 3 aromatic heterocycles. The highest BCUT2D eigenvalue weighted by molar-refractivity contribution is 6.18. The van der Waals surface area contributed by atoms with E-state index in [1.807, 2.05) is 6.07 Å². The summed E-state index contributed by atoms with van der Waals surface area (Å²) in [6, 6.07) is 7.55. The van der Waals surface area contributed by atoms with E-state index >= 15 is 0 Å². The van der Waals surface area contributed by atoms with Crippen LogP contribution in [0.25, 0.3) is 21.8 Å². The molecule has 1 aromatic carbocycles. The monoisotopic (exact) mass is 331 g/mol. The molecule has 0 radical (unpaired) electrons. The number of anilines is 2. The number of aromatic nitrogens is 3. The molecule has 1 amide bonds. The molecule has 6 nitrogen and oxygen atoms in total. The third kappa shape index (κ3) is 2.57. The topological polar surface area (TPSA) is 96.7 Å². The second kappa shape index (κ2) is 5.90. The Morgan fingerprint density at radius 1 is 1.24 bits per heavy atom. The minimum atomic E-state index is -0.201. The van der Waals surface area contributed by atoms with E-state index in [1.54, 1.807) is 36.9 Å². The van der Waals surface area contributed by atoms with Gasteiger partial charge in [0.15, 0.2) is 0 Å². The highest BCUT2D eigenvalue weighted by Crippen LogP contribution is 2.34. The normalized spacial score (nSPS) is 11.1. The number of nitrogens with zero attached hydrogens (tertiary/aromatic N) is 2. The summed E-state index contributed by atoms with van der Waals surface area (Å²) in [7, 11) is 0. The zero-order valence-corrected chi connectivity index (χ0v) is 13.7. The van der Waals surface area contributed by atoms with Gasteiger partial charge in [-0.1, -0.05) is 6.92 Å². The Labute approximate surface area is 144 Å². The van der Waals surface area contributed by atoms with Crippen molar-refractivity contribution in [3.05, 3.63) is 60.2 Å². The van der Waals surface area contributed by atoms with Gasteiger partial charge in [0.2, 0.25) is 0 Å². The van der Waals surface area contributed by atoms with Crippen molar-refractivity contribution in [1.82, 2.24) is 15.0 Å². The number of hydrogen-bond donors (Lipinski definition) is 3. The predicted octanol–water partition coefficient (Wildman–Crippen LogP) is 3.51. The number of H-pyrrole nitrogens is 1. The molecule has 0 spiro atoms. The van der Waals surface area contributed by atoms with Crippen molar-refractivity contribution < 1.29 is 4.79 Å². The molecule has 0 aliphatic heterocycles. The minimum Gasteiger partial charge on any atom is -0.397 e. The number of aryl methyl sites for hydroxylation is 1. The number of carbonyl (C=O) groups excluding carboxylic acids is 1. The molecule has 0 aliphatic carbocycles. The standard InChI is InChI=1S/C19H17N5O/c1-2-11-6-13-17-14(20)9-22-10-16(17)23-18(13)15(7-11)24-19(25)12-4-3-5-21-8-12/h3-10,23H,2,20H2,1H3,(H,24,25). The summed E-state index contributed by atoms with van der Waals surface area (Å²) in [5.41, 5.74) is 10.8. The molecule has 0 atom stereocenters. The lowest BCUT2D eigenvalue weighted by molar-refractivity contribution is 0.102. The van der Waals surface area contributed by atoms with Crippen LogP contribution >= 0.6 is 0 Å². The van der Waals surface area contributed by atoms with E-state index in [4.69, 9.17) is 5.73 Å². The number of hydrogen-bond acceptors (Lipinski definition) is 4. The molecule has 4 N–H and O–H groups in total. The van der Waals surface area contributed by atoms with Crippen molar-refractivity contribution in [2.75, 3.05) is 11.1 Å². The zero-order valence-electron chi connectivity index (χ0n) is 13.7. The summed E-state index contributed by atoms with van der Waals surface area (Å²) in [6.45, 7) is 2.08. The maximum Gasteiger partial charge on any atom is 0.257 e. The molecule has 4 aromatic rings. The third-order valence-electron chi connectivity index (χ3n) is 4.28. The van der Waals surface area contributed by atoms with Crippen LogP contribution in [0.5, 0.6) is 0 Å². The van der Waals surface area contributed by atoms with Crippen molar-refractivity contribution in [2.45, 2.75) is 13.3 Å². The highest BCUT2D eigenvalue weighted by atomic mass is 16.1. The van der Waals surface area contributed by atoms with E-state index in [0.717, 1.165) is 39.5 Å². The van der Waals surface area contributed by atoms with Crippen LogP contribution in [0.4, 0.5) is 11.4 Å². The summed E-state index contributed by atoms with van der Waals surface area (Å²) >= 11 is 0. The second-order valence-corrected chi connectivity index (χ2v) is 5.89. The van der Waals surface area contributed by atoms with Gasteiger partial charge in [-0.3, -0.25) is 14.8 Å². The van der Waals surface area contributed by atoms with Crippen LogP contribution in [0.2, 0.25) is 0 Å². The lowest BCUT2D eigenvalue weighted by atomic mass is 10.1. The van der Waals surface area contributed by atoms with Gasteiger partial charge >= 0.3 is 0 Å². The van der Waals surface area contributed by atoms with Crippen LogP contribution in [0.3, 0.4) is 0 Å². The van der Waals surface area contributed by atoms with Gasteiger partial charge in [0.1, 0.15) is 0 Å². The average molecular weight is 331 g/mol. The quantitative estimate of drug-likeness (QED) is 0.535. The lowest BCUT2D eigenvalue weighted by Gasteiger charge is -2.09. The largest absolute Gasteiger partial charge is 0.397 e. The summed E-state index contributed by atoms with van der Waals surface area (Å²) in [5, 5.41) is 4.90. The van der Waals surface area contributed by atoms with E-state index in [0.29, 0.717) is 11.3 Å². The van der Waals surface area contributed by atoms with Crippen molar-refractivity contribution in [3.63, 3.8) is 0 Å². The van der Waals surface area contributed by atoms with Crippen molar-refractivity contribution in [3.8, 4) is 0 Å². The first-order valence-corrected chi connectivity index (χ1v) is 8.06. The maximum atomic E-state index is 12.5. The molecular weight excluding hydrogens is 314 g/mol. The molecule has 3 heterocycles. The average Bonchev–Trinajstić information content (AvgIpc) is 3.02. The summed E-state index contributed by atoms with van der Waals surface area (Å²) < 4.78 is 0. The summed E-state index contributed by atoms with van der Waals surface area (Å²) in [5.74, 6) is -0.201. The molecule has 0 fully saturated rings. The molecule has 6 heteroatoms. The molecule has 25 heavy (non-hydrogen) atoms. The first-order valence-electron chi connectivity index (χ1n) is 8.06. The Morgan fingerprint density at radius 3 is 2.88 bits per heavy atom. The number of rotatable bonds is 3.